The minimum Gasteiger partial charge on any atom is -0.478 e. The lowest BCUT2D eigenvalue weighted by Crippen LogP contribution is -2.02. The number of fused-ring (bicyclic) bond motifs is 1. The van der Waals surface area contributed by atoms with Crippen LogP contribution in [0, 0.1) is 0 Å². The molecule has 0 radical (unpaired) electrons. The summed E-state index contributed by atoms with van der Waals surface area (Å²) in [5, 5.41) is 11.0. The van der Waals surface area contributed by atoms with Gasteiger partial charge < -0.3 is 14.4 Å². The zero-order valence-corrected chi connectivity index (χ0v) is 10.8. The molecule has 0 aliphatic rings. The number of carboxylic acids is 1. The number of aromatic carboxylic acids is 1. The Kier molecular flexibility index (Phi) is 2.87. The Morgan fingerprint density at radius 3 is 2.75 bits per heavy atom. The quantitative estimate of drug-likeness (QED) is 0.792. The van der Waals surface area contributed by atoms with Gasteiger partial charge in [0.25, 0.3) is 0 Å². The van der Waals surface area contributed by atoms with Crippen molar-refractivity contribution in [2.24, 2.45) is 7.05 Å². The Labute approximate surface area is 115 Å². The van der Waals surface area contributed by atoms with E-state index in [-0.39, 0.29) is 5.56 Å². The van der Waals surface area contributed by atoms with Crippen LogP contribution in [0.2, 0.25) is 0 Å². The summed E-state index contributed by atoms with van der Waals surface area (Å²) in [6.07, 6.45) is 3.34. The van der Waals surface area contributed by atoms with Gasteiger partial charge in [-0.05, 0) is 11.5 Å². The first kappa shape index (κ1) is 12.2. The van der Waals surface area contributed by atoms with Crippen molar-refractivity contribution in [3.8, 4) is 11.8 Å². The lowest BCUT2D eigenvalue weighted by Gasteiger charge is -2.11. The molecule has 2 aromatic carbocycles. The fourth-order valence-electron chi connectivity index (χ4n) is 2.06. The van der Waals surface area contributed by atoms with Gasteiger partial charge in [-0.2, -0.15) is 0 Å². The van der Waals surface area contributed by atoms with Gasteiger partial charge in [-0.15, -0.1) is 0 Å². The third-order valence-corrected chi connectivity index (χ3v) is 3.08. The summed E-state index contributed by atoms with van der Waals surface area (Å²) in [6, 6.07) is 11.1. The Bertz CT molecular complexity index is 793. The number of hydrogen-bond donors (Lipinski definition) is 1. The number of ether oxygens (including phenoxy) is 1. The van der Waals surface area contributed by atoms with E-state index in [1.807, 2.05) is 24.3 Å². The van der Waals surface area contributed by atoms with Crippen LogP contribution in [-0.4, -0.2) is 20.6 Å². The van der Waals surface area contributed by atoms with Crippen LogP contribution in [0.15, 0.2) is 48.8 Å². The van der Waals surface area contributed by atoms with E-state index in [0.717, 1.165) is 10.8 Å². The van der Waals surface area contributed by atoms with Crippen LogP contribution in [0.1, 0.15) is 10.4 Å². The molecular weight excluding hydrogens is 256 g/mol. The zero-order valence-electron chi connectivity index (χ0n) is 10.8. The fraction of sp³-hybridized carbons (Fsp3) is 0.0667. The number of hydrogen-bond acceptors (Lipinski definition) is 3. The number of imidazole rings is 1. The average Bonchev–Trinajstić information content (AvgIpc) is 2.84. The molecule has 100 valence electrons. The van der Waals surface area contributed by atoms with Crippen molar-refractivity contribution in [2.45, 2.75) is 0 Å². The van der Waals surface area contributed by atoms with Gasteiger partial charge in [-0.3, -0.25) is 0 Å². The van der Waals surface area contributed by atoms with Gasteiger partial charge in [-0.1, -0.05) is 30.3 Å². The van der Waals surface area contributed by atoms with Crippen molar-refractivity contribution in [1.29, 1.82) is 0 Å². The van der Waals surface area contributed by atoms with E-state index in [4.69, 9.17) is 4.74 Å². The Hall–Kier alpha value is -2.82. The molecule has 1 heterocycles. The van der Waals surface area contributed by atoms with E-state index in [1.54, 1.807) is 36.1 Å². The van der Waals surface area contributed by atoms with Crippen molar-refractivity contribution in [3.05, 3.63) is 54.4 Å². The number of nitrogens with zero attached hydrogens (tertiary/aromatic N) is 2. The van der Waals surface area contributed by atoms with Gasteiger partial charge >= 0.3 is 12.0 Å². The molecule has 0 bridgehead atoms. The second-order valence-electron chi connectivity index (χ2n) is 4.39. The third kappa shape index (κ3) is 1.99. The predicted molar refractivity (Wildman–Crippen MR) is 74.2 cm³/mol. The molecule has 0 unspecified atom stereocenters. The van der Waals surface area contributed by atoms with Gasteiger partial charge in [0.05, 0.1) is 0 Å². The molecule has 0 aliphatic carbocycles. The molecule has 0 spiro atoms. The maximum Gasteiger partial charge on any atom is 0.339 e. The molecule has 5 nitrogen and oxygen atoms in total. The molecule has 5 heteroatoms. The molecule has 0 saturated carbocycles. The summed E-state index contributed by atoms with van der Waals surface area (Å²) in [5.74, 6) is -0.718. The topological polar surface area (TPSA) is 64.4 Å². The molecule has 20 heavy (non-hydrogen) atoms. The average molecular weight is 268 g/mol. The molecule has 0 atom stereocenters. The van der Waals surface area contributed by atoms with Crippen LogP contribution in [0.5, 0.6) is 11.8 Å². The van der Waals surface area contributed by atoms with Crippen molar-refractivity contribution in [2.75, 3.05) is 0 Å². The molecule has 0 fully saturated rings. The highest BCUT2D eigenvalue weighted by atomic mass is 16.5. The Balaban J connectivity index is 2.22. The summed E-state index contributed by atoms with van der Waals surface area (Å²) in [5.41, 5.74) is 0.117. The number of rotatable bonds is 3. The van der Waals surface area contributed by atoms with Gasteiger partial charge in [0.1, 0.15) is 5.56 Å². The van der Waals surface area contributed by atoms with Gasteiger partial charge in [0.2, 0.25) is 0 Å². The molecule has 3 rings (SSSR count). The van der Waals surface area contributed by atoms with Gasteiger partial charge in [0, 0.05) is 24.8 Å². The monoisotopic (exact) mass is 268 g/mol. The highest BCUT2D eigenvalue weighted by Gasteiger charge is 2.16. The van der Waals surface area contributed by atoms with Crippen LogP contribution in [0.4, 0.5) is 0 Å². The standard InChI is InChI=1S/C15H12N2O3/c1-17-9-8-16-15(17)20-13-11-5-3-2-4-10(11)6-7-12(13)14(18)19/h2-9H,1H3,(H,18,19). The Morgan fingerprint density at radius 1 is 1.25 bits per heavy atom. The first-order valence-electron chi connectivity index (χ1n) is 6.07. The first-order chi connectivity index (χ1) is 9.66. The van der Waals surface area contributed by atoms with Crippen LogP contribution < -0.4 is 4.74 Å². The van der Waals surface area contributed by atoms with Crippen LogP contribution in [0.25, 0.3) is 10.8 Å². The summed E-state index contributed by atoms with van der Waals surface area (Å²) < 4.78 is 7.41. The highest BCUT2D eigenvalue weighted by Crippen LogP contribution is 2.33. The molecule has 0 amide bonds. The lowest BCUT2D eigenvalue weighted by atomic mass is 10.1. The van der Waals surface area contributed by atoms with E-state index in [2.05, 4.69) is 4.98 Å². The Morgan fingerprint density at radius 2 is 2.05 bits per heavy atom. The minimum atomic E-state index is -1.03. The van der Waals surface area contributed by atoms with Crippen molar-refractivity contribution in [1.82, 2.24) is 9.55 Å². The summed E-state index contributed by atoms with van der Waals surface area (Å²) in [7, 11) is 1.79. The fourth-order valence-corrected chi connectivity index (χ4v) is 2.06. The third-order valence-electron chi connectivity index (χ3n) is 3.08. The minimum absolute atomic E-state index is 0.117. The number of carboxylic acid groups (broad SMARTS) is 1. The molecule has 0 saturated heterocycles. The van der Waals surface area contributed by atoms with Gasteiger partial charge in [0.15, 0.2) is 5.75 Å². The van der Waals surface area contributed by atoms with Crippen LogP contribution in [0.3, 0.4) is 0 Å². The van der Waals surface area contributed by atoms with E-state index in [1.165, 1.54) is 0 Å². The van der Waals surface area contributed by atoms with E-state index in [9.17, 15) is 9.90 Å². The summed E-state index contributed by atoms with van der Waals surface area (Å²) in [4.78, 5) is 15.4. The van der Waals surface area contributed by atoms with Crippen molar-refractivity contribution in [3.63, 3.8) is 0 Å². The lowest BCUT2D eigenvalue weighted by molar-refractivity contribution is 0.0694. The van der Waals surface area contributed by atoms with Crippen LogP contribution >= 0.6 is 0 Å². The van der Waals surface area contributed by atoms with E-state index in [0.29, 0.717) is 11.8 Å². The van der Waals surface area contributed by atoms with Crippen molar-refractivity contribution < 1.29 is 14.6 Å². The summed E-state index contributed by atoms with van der Waals surface area (Å²) >= 11 is 0. The normalized spacial score (nSPS) is 10.7. The second kappa shape index (κ2) is 4.70. The predicted octanol–water partition coefficient (Wildman–Crippen LogP) is 3.06. The molecule has 1 aromatic heterocycles. The molecular formula is C15H12N2O3. The number of aromatic nitrogens is 2. The van der Waals surface area contributed by atoms with Crippen LogP contribution in [-0.2, 0) is 7.05 Å². The van der Waals surface area contributed by atoms with Gasteiger partial charge in [-0.25, -0.2) is 9.78 Å². The van der Waals surface area contributed by atoms with Crippen molar-refractivity contribution >= 4 is 16.7 Å². The SMILES string of the molecule is Cn1ccnc1Oc1c(C(=O)O)ccc2ccccc12. The molecule has 1 N–H and O–H groups in total. The number of aryl methyl sites for hydroxylation is 1. The molecule has 3 aromatic rings. The maximum absolute atomic E-state index is 11.4. The summed E-state index contributed by atoms with van der Waals surface area (Å²) in [6.45, 7) is 0. The number of benzene rings is 2. The second-order valence-corrected chi connectivity index (χ2v) is 4.39. The number of carbonyl (C=O) groups is 1. The van der Waals surface area contributed by atoms with E-state index >= 15 is 0 Å². The maximum atomic E-state index is 11.4. The smallest absolute Gasteiger partial charge is 0.339 e. The highest BCUT2D eigenvalue weighted by molar-refractivity contribution is 6.00. The molecule has 0 aliphatic heterocycles. The first-order valence-corrected chi connectivity index (χ1v) is 6.07. The largest absolute Gasteiger partial charge is 0.478 e. The zero-order chi connectivity index (χ0) is 14.1. The van der Waals surface area contributed by atoms with E-state index < -0.39 is 5.97 Å².